The van der Waals surface area contributed by atoms with Gasteiger partial charge in [-0.1, -0.05) is 0 Å². The van der Waals surface area contributed by atoms with Gasteiger partial charge in [0.25, 0.3) is 0 Å². The molecule has 0 aliphatic carbocycles. The number of hydrogen-bond donors (Lipinski definition) is 2. The number of hydrogen-bond acceptors (Lipinski definition) is 3. The third-order valence-electron chi connectivity index (χ3n) is 3.16. The van der Waals surface area contributed by atoms with Gasteiger partial charge in [0.2, 0.25) is 0 Å². The maximum absolute atomic E-state index is 12.4. The van der Waals surface area contributed by atoms with E-state index in [1.54, 1.807) is 0 Å². The van der Waals surface area contributed by atoms with Crippen LogP contribution in [0.4, 0.5) is 13.2 Å². The number of alkyl halides is 3. The zero-order valence-electron chi connectivity index (χ0n) is 12.4. The van der Waals surface area contributed by atoms with Gasteiger partial charge >= 0.3 is 15.5 Å². The summed E-state index contributed by atoms with van der Waals surface area (Å²) < 4.78 is 60.2. The fourth-order valence-electron chi connectivity index (χ4n) is 2.05. The quantitative estimate of drug-likeness (QED) is 0.380. The summed E-state index contributed by atoms with van der Waals surface area (Å²) in [6, 6.07) is 0.146. The van der Waals surface area contributed by atoms with Gasteiger partial charge in [-0.25, -0.2) is 8.42 Å². The molecule has 0 radical (unpaired) electrons. The van der Waals surface area contributed by atoms with Crippen molar-refractivity contribution in [1.82, 2.24) is 9.62 Å². The summed E-state index contributed by atoms with van der Waals surface area (Å²) in [5.74, 6) is 0.326. The normalized spacial score (nSPS) is 19.1. The van der Waals surface area contributed by atoms with Crippen molar-refractivity contribution in [2.24, 2.45) is 16.6 Å². The number of sulfonamides is 1. The van der Waals surface area contributed by atoms with E-state index >= 15 is 0 Å². The lowest BCUT2D eigenvalue weighted by Crippen LogP contribution is -2.45. The van der Waals surface area contributed by atoms with E-state index in [-0.39, 0.29) is 55.0 Å². The second kappa shape index (κ2) is 8.52. The van der Waals surface area contributed by atoms with Crippen LogP contribution in [0.25, 0.3) is 0 Å². The maximum atomic E-state index is 12.4. The molecule has 0 unspecified atom stereocenters. The van der Waals surface area contributed by atoms with E-state index in [0.29, 0.717) is 23.7 Å². The predicted octanol–water partition coefficient (Wildman–Crippen LogP) is 1.48. The van der Waals surface area contributed by atoms with Crippen molar-refractivity contribution in [2.75, 3.05) is 19.6 Å². The number of rotatable bonds is 4. The van der Waals surface area contributed by atoms with Crippen molar-refractivity contribution in [3.63, 3.8) is 0 Å². The van der Waals surface area contributed by atoms with Crippen molar-refractivity contribution in [3.8, 4) is 0 Å². The first-order chi connectivity index (χ1) is 9.54. The highest BCUT2D eigenvalue weighted by atomic mass is 127. The number of nitrogens with one attached hydrogen (secondary N) is 1. The number of guanidine groups is 1. The number of halogens is 4. The van der Waals surface area contributed by atoms with Crippen LogP contribution in [-0.4, -0.2) is 49.9 Å². The van der Waals surface area contributed by atoms with Gasteiger partial charge in [0.15, 0.2) is 5.96 Å². The predicted molar refractivity (Wildman–Crippen MR) is 89.4 cm³/mol. The van der Waals surface area contributed by atoms with Crippen molar-refractivity contribution in [3.05, 3.63) is 0 Å². The topological polar surface area (TPSA) is 87.8 Å². The number of nitrogens with two attached hydrogens (primary N) is 1. The van der Waals surface area contributed by atoms with Crippen LogP contribution in [-0.2, 0) is 10.0 Å². The van der Waals surface area contributed by atoms with E-state index in [9.17, 15) is 21.6 Å². The lowest BCUT2D eigenvalue weighted by molar-refractivity contribution is -0.0496. The Morgan fingerprint density at radius 1 is 1.36 bits per heavy atom. The fraction of sp³-hybridized carbons (Fsp3) is 0.909. The van der Waals surface area contributed by atoms with E-state index in [1.807, 2.05) is 13.8 Å². The van der Waals surface area contributed by atoms with E-state index < -0.39 is 15.5 Å². The van der Waals surface area contributed by atoms with Crippen LogP contribution < -0.4 is 11.1 Å². The zero-order valence-corrected chi connectivity index (χ0v) is 15.6. The highest BCUT2D eigenvalue weighted by Crippen LogP contribution is 2.30. The van der Waals surface area contributed by atoms with Crippen molar-refractivity contribution in [2.45, 2.75) is 38.2 Å². The Labute approximate surface area is 145 Å². The van der Waals surface area contributed by atoms with Crippen LogP contribution in [0.5, 0.6) is 0 Å². The minimum Gasteiger partial charge on any atom is -0.370 e. The van der Waals surface area contributed by atoms with Gasteiger partial charge in [0.05, 0.1) is 0 Å². The molecule has 132 valence electrons. The Balaban J connectivity index is 0.00000441. The molecule has 1 rings (SSSR count). The Kier molecular flexibility index (Phi) is 8.41. The average molecular weight is 458 g/mol. The Morgan fingerprint density at radius 3 is 2.27 bits per heavy atom. The van der Waals surface area contributed by atoms with Crippen LogP contribution in [0.15, 0.2) is 4.99 Å². The Bertz CT molecular complexity index is 474. The smallest absolute Gasteiger partial charge is 0.370 e. The highest BCUT2D eigenvalue weighted by Gasteiger charge is 2.50. The molecule has 1 heterocycles. The van der Waals surface area contributed by atoms with Gasteiger partial charge in [-0.05, 0) is 32.6 Å². The molecule has 1 aliphatic rings. The first-order valence-corrected chi connectivity index (χ1v) is 8.11. The largest absolute Gasteiger partial charge is 0.511 e. The molecule has 11 heteroatoms. The molecule has 1 aliphatic heterocycles. The summed E-state index contributed by atoms with van der Waals surface area (Å²) in [5, 5.41) is 2.91. The lowest BCUT2D eigenvalue weighted by Gasteiger charge is -2.30. The molecule has 0 atom stereocenters. The molecule has 3 N–H and O–H groups in total. The molecule has 22 heavy (non-hydrogen) atoms. The van der Waals surface area contributed by atoms with Crippen LogP contribution in [0.3, 0.4) is 0 Å². The average Bonchev–Trinajstić information content (AvgIpc) is 2.34. The molecular weight excluding hydrogens is 436 g/mol. The van der Waals surface area contributed by atoms with E-state index in [0.717, 1.165) is 0 Å². The van der Waals surface area contributed by atoms with Crippen LogP contribution >= 0.6 is 24.0 Å². The molecule has 1 fully saturated rings. The van der Waals surface area contributed by atoms with Crippen LogP contribution in [0.2, 0.25) is 0 Å². The summed E-state index contributed by atoms with van der Waals surface area (Å²) in [6.07, 6.45) is 0.682. The van der Waals surface area contributed by atoms with Crippen LogP contribution in [0.1, 0.15) is 26.7 Å². The second-order valence-corrected chi connectivity index (χ2v) is 7.25. The molecule has 0 aromatic rings. The highest BCUT2D eigenvalue weighted by molar-refractivity contribution is 14.0. The molecule has 0 saturated carbocycles. The first kappa shape index (κ1) is 21.7. The van der Waals surface area contributed by atoms with Gasteiger partial charge in [-0.2, -0.15) is 17.5 Å². The fourth-order valence-corrected chi connectivity index (χ4v) is 3.03. The summed E-state index contributed by atoms with van der Waals surface area (Å²) in [7, 11) is -5.21. The molecule has 0 bridgehead atoms. The number of nitrogens with zero attached hydrogens (tertiary/aromatic N) is 2. The minimum absolute atomic E-state index is 0. The van der Waals surface area contributed by atoms with Gasteiger partial charge in [-0.15, -0.1) is 24.0 Å². The van der Waals surface area contributed by atoms with Crippen LogP contribution in [0, 0.1) is 5.92 Å². The van der Waals surface area contributed by atoms with E-state index in [1.165, 1.54) is 0 Å². The maximum Gasteiger partial charge on any atom is 0.511 e. The summed E-state index contributed by atoms with van der Waals surface area (Å²) in [6.45, 7) is 3.91. The molecule has 0 aromatic carbocycles. The molecular formula is C11H22F3IN4O2S. The van der Waals surface area contributed by atoms with Gasteiger partial charge in [0, 0.05) is 25.7 Å². The minimum atomic E-state index is -5.23. The zero-order chi connectivity index (χ0) is 16.3. The van der Waals surface area contributed by atoms with Gasteiger partial charge in [-0.3, -0.25) is 4.99 Å². The Hall–Kier alpha value is -0.300. The summed E-state index contributed by atoms with van der Waals surface area (Å²) in [4.78, 5) is 4.12. The first-order valence-electron chi connectivity index (χ1n) is 6.67. The standard InChI is InChI=1S/C11H21F3N4O2S.HI/c1-8(2)17-10(15)16-7-9-3-5-18(6-4-9)21(19,20)11(12,13)14;/h8-9H,3-7H2,1-2H3,(H3,15,16,17);1H. The Morgan fingerprint density at radius 2 is 1.86 bits per heavy atom. The molecule has 6 nitrogen and oxygen atoms in total. The molecule has 0 amide bonds. The summed E-state index contributed by atoms with van der Waals surface area (Å²) >= 11 is 0. The number of piperidine rings is 1. The monoisotopic (exact) mass is 458 g/mol. The van der Waals surface area contributed by atoms with Gasteiger partial charge in [0.1, 0.15) is 0 Å². The van der Waals surface area contributed by atoms with E-state index in [4.69, 9.17) is 5.73 Å². The van der Waals surface area contributed by atoms with Crippen molar-refractivity contribution < 1.29 is 21.6 Å². The van der Waals surface area contributed by atoms with Gasteiger partial charge < -0.3 is 11.1 Å². The van der Waals surface area contributed by atoms with Crippen molar-refractivity contribution >= 4 is 40.0 Å². The third kappa shape index (κ3) is 6.07. The number of aliphatic imine (C=N–C) groups is 1. The molecule has 0 spiro atoms. The SMILES string of the molecule is CC(C)NC(N)=NCC1CCN(S(=O)(=O)C(F)(F)F)CC1.I. The lowest BCUT2D eigenvalue weighted by atomic mass is 9.98. The molecule has 1 saturated heterocycles. The molecule has 0 aromatic heterocycles. The summed E-state index contributed by atoms with van der Waals surface area (Å²) in [5.41, 5.74) is 0.397. The third-order valence-corrected chi connectivity index (χ3v) is 4.79. The second-order valence-electron chi connectivity index (χ2n) is 5.32. The van der Waals surface area contributed by atoms with Crippen molar-refractivity contribution in [1.29, 1.82) is 0 Å². The van der Waals surface area contributed by atoms with E-state index in [2.05, 4.69) is 10.3 Å².